The minimum Gasteiger partial charge on any atom is -0.467 e. The van der Waals surface area contributed by atoms with Crippen LogP contribution in [0.15, 0.2) is 70.8 Å². The number of para-hydroxylation sites is 1. The Kier molecular flexibility index (Phi) is 6.37. The number of H-pyrrole nitrogens is 1. The van der Waals surface area contributed by atoms with Gasteiger partial charge in [0.25, 0.3) is 0 Å². The Balaban J connectivity index is 1.37. The second-order valence-electron chi connectivity index (χ2n) is 7.23. The van der Waals surface area contributed by atoms with Crippen LogP contribution in [0, 0.1) is 0 Å². The van der Waals surface area contributed by atoms with E-state index in [9.17, 15) is 9.59 Å². The van der Waals surface area contributed by atoms with E-state index in [1.54, 1.807) is 36.7 Å². The summed E-state index contributed by atoms with van der Waals surface area (Å²) >= 11 is 1.65. The number of carbonyl (C=O) groups is 2. The second kappa shape index (κ2) is 9.53. The molecule has 0 aliphatic carbocycles. The van der Waals surface area contributed by atoms with E-state index in [1.165, 1.54) is 0 Å². The summed E-state index contributed by atoms with van der Waals surface area (Å²) in [6.45, 7) is 2.34. The molecule has 0 radical (unpaired) electrons. The number of nitrogens with one attached hydrogen (secondary N) is 4. The van der Waals surface area contributed by atoms with Crippen LogP contribution in [0.5, 0.6) is 0 Å². The molecule has 0 bridgehead atoms. The Morgan fingerprint density at radius 3 is 2.74 bits per heavy atom. The summed E-state index contributed by atoms with van der Waals surface area (Å²) < 4.78 is 5.19. The highest BCUT2D eigenvalue weighted by molar-refractivity contribution is 7.10. The molecule has 4 aromatic rings. The number of hydrogen-bond acceptors (Lipinski definition) is 4. The number of fused-ring (bicyclic) bond motifs is 1. The number of hydrogen-bond donors (Lipinski definition) is 4. The molecule has 1 aromatic carbocycles. The number of rotatable bonds is 8. The zero-order valence-corrected chi connectivity index (χ0v) is 17.9. The number of aromatic amines is 1. The number of furan rings is 1. The molecular formula is C23H24N4O3S. The number of urea groups is 1. The van der Waals surface area contributed by atoms with Gasteiger partial charge in [-0.15, -0.1) is 11.3 Å². The van der Waals surface area contributed by atoms with Crippen molar-refractivity contribution in [2.24, 2.45) is 0 Å². The quantitative estimate of drug-likeness (QED) is 0.336. The fraction of sp³-hybridized carbons (Fsp3) is 0.217. The molecule has 4 N–H and O–H groups in total. The Labute approximate surface area is 183 Å². The van der Waals surface area contributed by atoms with Crippen molar-refractivity contribution in [3.05, 3.63) is 82.6 Å². The fourth-order valence-corrected chi connectivity index (χ4v) is 4.33. The average molecular weight is 437 g/mol. The van der Waals surface area contributed by atoms with Crippen LogP contribution in [-0.4, -0.2) is 29.5 Å². The third-order valence-corrected chi connectivity index (χ3v) is 6.09. The van der Waals surface area contributed by atoms with Gasteiger partial charge in [-0.3, -0.25) is 4.79 Å². The molecule has 2 unspecified atom stereocenters. The predicted octanol–water partition coefficient (Wildman–Crippen LogP) is 3.96. The number of aromatic nitrogens is 1. The van der Waals surface area contributed by atoms with Gasteiger partial charge in [0.1, 0.15) is 11.8 Å². The molecule has 0 saturated heterocycles. The normalized spacial score (nSPS) is 12.9. The van der Waals surface area contributed by atoms with E-state index < -0.39 is 6.04 Å². The van der Waals surface area contributed by atoms with Crippen LogP contribution in [0.4, 0.5) is 4.79 Å². The van der Waals surface area contributed by atoms with E-state index in [1.807, 2.05) is 35.8 Å². The number of benzene rings is 1. The average Bonchev–Trinajstić information content (AvgIpc) is 3.54. The molecule has 8 heteroatoms. The van der Waals surface area contributed by atoms with E-state index >= 15 is 0 Å². The van der Waals surface area contributed by atoms with Crippen LogP contribution in [-0.2, 0) is 11.3 Å². The molecule has 0 fully saturated rings. The fourth-order valence-electron chi connectivity index (χ4n) is 3.48. The van der Waals surface area contributed by atoms with Crippen LogP contribution in [0.1, 0.15) is 29.0 Å². The van der Waals surface area contributed by atoms with Gasteiger partial charge in [-0.05, 0) is 42.1 Å². The van der Waals surface area contributed by atoms with Crippen molar-refractivity contribution in [1.82, 2.24) is 20.9 Å². The topological polar surface area (TPSA) is 99.2 Å². The van der Waals surface area contributed by atoms with Gasteiger partial charge in [0.15, 0.2) is 0 Å². The minimum absolute atomic E-state index is 0.00462. The molecular weight excluding hydrogens is 412 g/mol. The molecule has 0 spiro atoms. The molecule has 0 saturated carbocycles. The maximum atomic E-state index is 12.5. The summed E-state index contributed by atoms with van der Waals surface area (Å²) in [6.07, 6.45) is 3.55. The first-order chi connectivity index (χ1) is 15.1. The first kappa shape index (κ1) is 20.7. The van der Waals surface area contributed by atoms with E-state index in [2.05, 4.69) is 33.1 Å². The predicted molar refractivity (Wildman–Crippen MR) is 121 cm³/mol. The first-order valence-corrected chi connectivity index (χ1v) is 10.9. The molecule has 2 atom stereocenters. The summed E-state index contributed by atoms with van der Waals surface area (Å²) in [5.74, 6) is 0.380. The number of amides is 3. The molecule has 160 valence electrons. The zero-order valence-electron chi connectivity index (χ0n) is 17.1. The standard InChI is InChI=1S/C23H24N4O3S/c1-15(22(28)25-12-16-6-4-10-30-16)27-23(29)26-14-19(21-9-5-11-31-21)18-13-24-20-8-3-2-7-17(18)20/h2-11,13,15,19,24H,12,14H2,1H3,(H,25,28)(H2,26,27,29). The molecule has 3 amide bonds. The first-order valence-electron chi connectivity index (χ1n) is 10.1. The van der Waals surface area contributed by atoms with Crippen molar-refractivity contribution in [2.75, 3.05) is 6.54 Å². The number of thiophene rings is 1. The van der Waals surface area contributed by atoms with Crippen LogP contribution in [0.3, 0.4) is 0 Å². The Bertz CT molecular complexity index is 1130. The van der Waals surface area contributed by atoms with Crippen molar-refractivity contribution in [2.45, 2.75) is 25.4 Å². The van der Waals surface area contributed by atoms with Crippen LogP contribution < -0.4 is 16.0 Å². The summed E-state index contributed by atoms with van der Waals surface area (Å²) in [5, 5.41) is 11.5. The molecule has 0 aliphatic heterocycles. The monoisotopic (exact) mass is 436 g/mol. The second-order valence-corrected chi connectivity index (χ2v) is 8.21. The van der Waals surface area contributed by atoms with Gasteiger partial charge < -0.3 is 25.4 Å². The van der Waals surface area contributed by atoms with Gasteiger partial charge in [0.2, 0.25) is 5.91 Å². The highest BCUT2D eigenvalue weighted by atomic mass is 32.1. The molecule has 7 nitrogen and oxygen atoms in total. The Hall–Kier alpha value is -3.52. The third-order valence-electron chi connectivity index (χ3n) is 5.11. The van der Waals surface area contributed by atoms with Crippen molar-refractivity contribution in [3.63, 3.8) is 0 Å². The van der Waals surface area contributed by atoms with Gasteiger partial charge in [-0.2, -0.15) is 0 Å². The SMILES string of the molecule is CC(NC(=O)NCC(c1cccs1)c1c[nH]c2ccccc12)C(=O)NCc1ccco1. The summed E-state index contributed by atoms with van der Waals surface area (Å²) in [5.41, 5.74) is 2.19. The Morgan fingerprint density at radius 2 is 1.97 bits per heavy atom. The van der Waals surface area contributed by atoms with Gasteiger partial charge in [-0.1, -0.05) is 24.3 Å². The van der Waals surface area contributed by atoms with E-state index in [4.69, 9.17) is 4.42 Å². The minimum atomic E-state index is -0.678. The van der Waals surface area contributed by atoms with Crippen molar-refractivity contribution in [3.8, 4) is 0 Å². The highest BCUT2D eigenvalue weighted by Gasteiger charge is 2.21. The molecule has 3 heterocycles. The molecule has 4 rings (SSSR count). The maximum Gasteiger partial charge on any atom is 0.315 e. The van der Waals surface area contributed by atoms with Crippen molar-refractivity contribution < 1.29 is 14.0 Å². The van der Waals surface area contributed by atoms with Gasteiger partial charge in [0.05, 0.1) is 12.8 Å². The lowest BCUT2D eigenvalue weighted by atomic mass is 9.97. The smallest absolute Gasteiger partial charge is 0.315 e. The highest BCUT2D eigenvalue weighted by Crippen LogP contribution is 2.32. The van der Waals surface area contributed by atoms with Crippen LogP contribution in [0.2, 0.25) is 0 Å². The zero-order chi connectivity index (χ0) is 21.6. The lowest BCUT2D eigenvalue weighted by Crippen LogP contribution is -2.48. The van der Waals surface area contributed by atoms with E-state index in [-0.39, 0.29) is 24.4 Å². The number of carbonyl (C=O) groups excluding carboxylic acids is 2. The molecule has 3 aromatic heterocycles. The third kappa shape index (κ3) is 4.97. The van der Waals surface area contributed by atoms with Gasteiger partial charge in [0, 0.05) is 34.4 Å². The Morgan fingerprint density at radius 1 is 1.10 bits per heavy atom. The van der Waals surface area contributed by atoms with E-state index in [0.29, 0.717) is 12.3 Å². The van der Waals surface area contributed by atoms with Crippen molar-refractivity contribution in [1.29, 1.82) is 0 Å². The van der Waals surface area contributed by atoms with E-state index in [0.717, 1.165) is 21.3 Å². The lowest BCUT2D eigenvalue weighted by molar-refractivity contribution is -0.122. The van der Waals surface area contributed by atoms with Crippen LogP contribution >= 0.6 is 11.3 Å². The van der Waals surface area contributed by atoms with Crippen molar-refractivity contribution >= 4 is 34.2 Å². The van der Waals surface area contributed by atoms with Gasteiger partial charge in [-0.25, -0.2) is 4.79 Å². The lowest BCUT2D eigenvalue weighted by Gasteiger charge is -2.18. The summed E-state index contributed by atoms with van der Waals surface area (Å²) in [6, 6.07) is 14.7. The molecule has 0 aliphatic rings. The molecule has 31 heavy (non-hydrogen) atoms. The maximum absolute atomic E-state index is 12.5. The summed E-state index contributed by atoms with van der Waals surface area (Å²) in [7, 11) is 0. The van der Waals surface area contributed by atoms with Gasteiger partial charge >= 0.3 is 6.03 Å². The van der Waals surface area contributed by atoms with Crippen LogP contribution in [0.25, 0.3) is 10.9 Å². The summed E-state index contributed by atoms with van der Waals surface area (Å²) in [4.78, 5) is 29.2. The largest absolute Gasteiger partial charge is 0.467 e.